The van der Waals surface area contributed by atoms with Gasteiger partial charge in [-0.15, -0.1) is 0 Å². The molecule has 4 aliphatic carbocycles. The van der Waals surface area contributed by atoms with Gasteiger partial charge in [-0.05, 0) is 212 Å². The van der Waals surface area contributed by atoms with Crippen LogP contribution in [0.1, 0.15) is 120 Å². The smallest absolute Gasteiger partial charge is 0.274 e. The maximum atomic E-state index is 14.1. The number of ether oxygens (including phenoxy) is 3. The number of rotatable bonds is 24. The van der Waals surface area contributed by atoms with Gasteiger partial charge < -0.3 is 43.8 Å². The number of hydrogen-bond donors (Lipinski definition) is 4. The van der Waals surface area contributed by atoms with E-state index in [1.165, 1.54) is 51.7 Å². The van der Waals surface area contributed by atoms with Crippen LogP contribution in [0.5, 0.6) is 23.0 Å². The van der Waals surface area contributed by atoms with Crippen LogP contribution < -0.4 is 28.7 Å². The van der Waals surface area contributed by atoms with E-state index in [4.69, 9.17) is 37.4 Å². The molecule has 666 valence electrons. The van der Waals surface area contributed by atoms with Crippen LogP contribution in [-0.2, 0) is 50.5 Å². The number of aromatic nitrogens is 4. The molecule has 0 saturated carbocycles. The largest absolute Gasteiger partial charge is 0.455 e. The minimum absolute atomic E-state index is 0.00934. The molecule has 127 heavy (non-hydrogen) atoms. The number of nitrogens with one attached hydrogen (secondary N) is 4. The third-order valence-electron chi connectivity index (χ3n) is 26.5. The fourth-order valence-electron chi connectivity index (χ4n) is 19.4. The Morgan fingerprint density at radius 1 is 0.512 bits per heavy atom. The Morgan fingerprint density at radius 3 is 1.32 bits per heavy atom. The molecule has 4 aliphatic heterocycles. The number of nitro benzene ring substituents is 2. The highest BCUT2D eigenvalue weighted by Gasteiger charge is 2.39. The number of benzene rings is 6. The fraction of sp³-hybridized carbons (Fsp3) is 0.411. The summed E-state index contributed by atoms with van der Waals surface area (Å²) < 4.78 is 78.5. The topological polar surface area (TPSA) is 320 Å². The van der Waals surface area contributed by atoms with E-state index in [0.29, 0.717) is 83.9 Å². The molecule has 0 spiro atoms. The number of sulfonamides is 2. The third kappa shape index (κ3) is 20.7. The van der Waals surface area contributed by atoms with Gasteiger partial charge in [0.05, 0.1) is 56.4 Å². The second kappa shape index (κ2) is 37.2. The number of carbonyl (C=O) groups is 2. The summed E-state index contributed by atoms with van der Waals surface area (Å²) in [5.41, 5.74) is 13.5. The molecule has 0 unspecified atom stereocenters. The van der Waals surface area contributed by atoms with Crippen LogP contribution in [0.3, 0.4) is 0 Å². The number of fused-ring (bicyclic) bond motifs is 4. The van der Waals surface area contributed by atoms with Gasteiger partial charge in [-0.2, -0.15) is 0 Å². The molecule has 2 atom stereocenters. The van der Waals surface area contributed by atoms with Gasteiger partial charge in [-0.25, -0.2) is 36.2 Å². The molecule has 6 aromatic carbocycles. The van der Waals surface area contributed by atoms with Gasteiger partial charge in [0.2, 0.25) is 0 Å². The average molecular weight is 1800 g/mol. The highest BCUT2D eigenvalue weighted by molar-refractivity contribution is 7.90. The van der Waals surface area contributed by atoms with Gasteiger partial charge in [-0.1, -0.05) is 86.3 Å². The number of allylic oxidation sites excluding steroid dienone is 2. The Bertz CT molecular complexity index is 6150. The predicted molar refractivity (Wildman–Crippen MR) is 493 cm³/mol. The quantitative estimate of drug-likeness (QED) is 0.0322. The minimum atomic E-state index is -4.55. The van der Waals surface area contributed by atoms with E-state index in [-0.39, 0.29) is 66.5 Å². The number of piperazine rings is 3. The molecule has 28 nitrogen and oxygen atoms in total. The van der Waals surface area contributed by atoms with Gasteiger partial charge >= 0.3 is 0 Å². The van der Waals surface area contributed by atoms with E-state index in [2.05, 4.69) is 123 Å². The van der Waals surface area contributed by atoms with Crippen LogP contribution in [0.15, 0.2) is 179 Å². The van der Waals surface area contributed by atoms with Crippen LogP contribution in [0.4, 0.5) is 22.7 Å². The van der Waals surface area contributed by atoms with Gasteiger partial charge in [0.15, 0.2) is 0 Å². The minimum Gasteiger partial charge on any atom is -0.455 e. The Hall–Kier alpha value is -10.6. The van der Waals surface area contributed by atoms with Crippen molar-refractivity contribution in [3.63, 3.8) is 0 Å². The number of pyridine rings is 2. The number of amides is 2. The van der Waals surface area contributed by atoms with Crippen LogP contribution in [0, 0.1) is 42.9 Å². The number of hydrogen-bond acceptors (Lipinski definition) is 22. The summed E-state index contributed by atoms with van der Waals surface area (Å²) in [6, 6.07) is 39.1. The van der Waals surface area contributed by atoms with Gasteiger partial charge in [0, 0.05) is 198 Å². The average Bonchev–Trinajstić information content (AvgIpc) is 1.69. The summed E-state index contributed by atoms with van der Waals surface area (Å²) in [5, 5.41) is 27.7. The normalized spacial score (nSPS) is 19.7. The fourth-order valence-corrected chi connectivity index (χ4v) is 21.7. The molecule has 4 N–H and O–H groups in total. The van der Waals surface area contributed by atoms with Gasteiger partial charge in [0.25, 0.3) is 43.2 Å². The molecule has 18 rings (SSSR count). The molecule has 4 aromatic heterocycles. The lowest BCUT2D eigenvalue weighted by Crippen LogP contribution is -2.47. The summed E-state index contributed by atoms with van der Waals surface area (Å²) in [6.07, 6.45) is 15.0. The maximum Gasteiger partial charge on any atom is 0.274 e. The SMILES string of the molecule is CC1(C)CCC(CN2CCN(c3ccc(C(=O)NS(=O)(=O)c4cc5c(c([N+](=O)[O-])c4)C[C@@H](CN4CCOCC4)C5)c(Oc4cnc5[nH]ccc5c4)c3)CC2)=C(c2ccc(Cl)cc2)C1.CN1CCN(C[C@H]2Cc3cc(S(=O)(=O)NC(=O)c4ccc(N5CCN(CC6=C(c7ccc(Cl)cc7)CC(C)(C)CC6)CC5)cc4Oc4cnc5[nH]ccc5c4)cc([N+](=O)[O-])c3C2)CC1. The standard InChI is InChI=1S/C48H55ClN8O6S.C47H52ClN7O7S/c1-48(2)12-10-35(43(28-48)33-4-6-37(49)7-5-33)31-55-18-20-56(21-19-55)38-8-9-41(45(26-38)63-39-24-34-11-13-50-46(34)51-29-39)47(58)52-64(61,62)40-25-36-22-32(23-42(36)44(27-40)57(59)60)30-54-16-14-53(3)15-17-54;1-47(2)11-9-34(42(27-47)32-3-5-36(48)6-4-32)30-52-13-15-54(16-14-52)37-7-8-40(44(25-37)62-38-23-33-10-12-49-45(33)50-28-38)46(56)51-63(59,60)39-24-35-21-31(29-53-17-19-61-20-18-53)22-41(35)43(26-39)55(57)58/h4-9,11,13,24-27,29,32H,10,12,14-23,28,30-31H2,1-3H3,(H,50,51)(H,52,58);3-8,10,12,23-26,28,31H,9,11,13-22,27,29-30H2,1-2H3,(H,49,50)(H,51,56)/t32-;31-/m00/s1. The van der Waals surface area contributed by atoms with Crippen LogP contribution in [-0.4, -0.2) is 221 Å². The second-order valence-electron chi connectivity index (χ2n) is 36.7. The number of likely N-dealkylation sites (N-methyl/N-ethyl adjacent to an activating group) is 1. The van der Waals surface area contributed by atoms with Gasteiger partial charge in [0.1, 0.15) is 34.3 Å². The van der Waals surface area contributed by atoms with Crippen LogP contribution in [0.2, 0.25) is 10.0 Å². The molecular formula is C95H107Cl2N15O13S2. The molecule has 0 radical (unpaired) electrons. The Labute approximate surface area is 750 Å². The molecule has 32 heteroatoms. The lowest BCUT2D eigenvalue weighted by Gasteiger charge is -2.39. The Kier molecular flexibility index (Phi) is 25.9. The molecule has 0 bridgehead atoms. The first-order chi connectivity index (χ1) is 60.9. The van der Waals surface area contributed by atoms with E-state index >= 15 is 0 Å². The number of anilines is 2. The van der Waals surface area contributed by atoms with E-state index in [9.17, 15) is 46.7 Å². The summed E-state index contributed by atoms with van der Waals surface area (Å²) in [5.74, 6) is -0.592. The van der Waals surface area contributed by atoms with Crippen molar-refractivity contribution in [2.75, 3.05) is 148 Å². The highest BCUT2D eigenvalue weighted by Crippen LogP contribution is 2.47. The first kappa shape index (κ1) is 88.4. The summed E-state index contributed by atoms with van der Waals surface area (Å²) in [6.45, 7) is 25.5. The van der Waals surface area contributed by atoms with Crippen LogP contribution >= 0.6 is 23.2 Å². The van der Waals surface area contributed by atoms with Crippen molar-refractivity contribution >= 4 is 111 Å². The number of morpholine rings is 1. The zero-order valence-corrected chi connectivity index (χ0v) is 75.3. The summed E-state index contributed by atoms with van der Waals surface area (Å²) >= 11 is 12.5. The lowest BCUT2D eigenvalue weighted by atomic mass is 9.72. The molecule has 2 amide bonds. The number of H-pyrrole nitrogens is 2. The summed E-state index contributed by atoms with van der Waals surface area (Å²) in [7, 11) is -7.00. The van der Waals surface area contributed by atoms with E-state index in [0.717, 1.165) is 201 Å². The van der Waals surface area contributed by atoms with E-state index < -0.39 is 41.7 Å². The molecule has 8 heterocycles. The first-order valence-corrected chi connectivity index (χ1v) is 47.5. The Balaban J connectivity index is 0.000000179. The van der Waals surface area contributed by atoms with E-state index in [1.807, 2.05) is 42.5 Å². The van der Waals surface area contributed by atoms with E-state index in [1.54, 1.807) is 61.1 Å². The zero-order valence-electron chi connectivity index (χ0n) is 72.2. The Morgan fingerprint density at radius 2 is 0.913 bits per heavy atom. The highest BCUT2D eigenvalue weighted by atomic mass is 35.5. The monoisotopic (exact) mass is 1800 g/mol. The zero-order chi connectivity index (χ0) is 88.6. The van der Waals surface area contributed by atoms with Crippen molar-refractivity contribution in [3.8, 4) is 23.0 Å². The number of carbonyl (C=O) groups excluding carboxylic acids is 2. The van der Waals surface area contributed by atoms with Crippen molar-refractivity contribution in [1.29, 1.82) is 0 Å². The van der Waals surface area contributed by atoms with Crippen molar-refractivity contribution in [2.24, 2.45) is 22.7 Å². The summed E-state index contributed by atoms with van der Waals surface area (Å²) in [4.78, 5) is 82.5. The van der Waals surface area contributed by atoms with Crippen molar-refractivity contribution in [1.82, 2.24) is 53.9 Å². The molecular weight excluding hydrogens is 1690 g/mol. The first-order valence-electron chi connectivity index (χ1n) is 43.8. The molecule has 4 saturated heterocycles. The van der Waals surface area contributed by atoms with Crippen molar-refractivity contribution < 1.29 is 50.5 Å². The lowest BCUT2D eigenvalue weighted by molar-refractivity contribution is -0.385. The number of halogens is 2. The molecule has 4 fully saturated rings. The number of nitrogens with zero attached hydrogens (tertiary/aromatic N) is 11. The number of nitro groups is 2. The molecule has 10 aromatic rings. The van der Waals surface area contributed by atoms with Crippen LogP contribution in [0.25, 0.3) is 33.2 Å². The molecule has 8 aliphatic rings. The third-order valence-corrected chi connectivity index (χ3v) is 29.6. The number of aromatic amines is 2. The second-order valence-corrected chi connectivity index (χ2v) is 41.0. The van der Waals surface area contributed by atoms with Crippen molar-refractivity contribution in [2.45, 2.75) is 102 Å². The predicted octanol–water partition coefficient (Wildman–Crippen LogP) is 15.7. The van der Waals surface area contributed by atoms with Gasteiger partial charge in [-0.3, -0.25) is 44.5 Å². The maximum absolute atomic E-state index is 14.1. The van der Waals surface area contributed by atoms with Crippen molar-refractivity contribution in [3.05, 3.63) is 244 Å².